The van der Waals surface area contributed by atoms with Gasteiger partial charge in [-0.2, -0.15) is 0 Å². The van der Waals surface area contributed by atoms with Crippen molar-refractivity contribution in [2.45, 2.75) is 37.8 Å². The van der Waals surface area contributed by atoms with Gasteiger partial charge in [0.15, 0.2) is 0 Å². The maximum absolute atomic E-state index is 12.9. The van der Waals surface area contributed by atoms with Gasteiger partial charge in [0.1, 0.15) is 5.82 Å². The van der Waals surface area contributed by atoms with Gasteiger partial charge in [0.2, 0.25) is 0 Å². The van der Waals surface area contributed by atoms with Gasteiger partial charge in [0.05, 0.1) is 5.60 Å². The normalized spacial score (nSPS) is 19.8. The third-order valence-electron chi connectivity index (χ3n) is 4.06. The number of benzene rings is 1. The first-order valence-electron chi connectivity index (χ1n) is 7.24. The van der Waals surface area contributed by atoms with Crippen LogP contribution >= 0.6 is 0 Å². The maximum Gasteiger partial charge on any atom is 0.123 e. The van der Waals surface area contributed by atoms with Crippen LogP contribution in [-0.4, -0.2) is 38.5 Å². The molecule has 1 N–H and O–H groups in total. The number of rotatable bonds is 6. The summed E-state index contributed by atoms with van der Waals surface area (Å²) in [6.07, 6.45) is 2.75. The summed E-state index contributed by atoms with van der Waals surface area (Å²) in [6.45, 7) is 4.50. The molecule has 1 saturated heterocycles. The van der Waals surface area contributed by atoms with E-state index in [0.29, 0.717) is 6.04 Å². The molecule has 0 radical (unpaired) electrons. The molecule has 1 fully saturated rings. The Morgan fingerprint density at radius 2 is 1.95 bits per heavy atom. The molecule has 1 heterocycles. The van der Waals surface area contributed by atoms with Crippen molar-refractivity contribution < 1.29 is 13.9 Å². The SMILES string of the molecule is COC1(CN[C@H](C)Cc2ccc(F)cc2)CCOCC1. The van der Waals surface area contributed by atoms with E-state index in [2.05, 4.69) is 12.2 Å². The molecule has 1 aromatic rings. The van der Waals surface area contributed by atoms with Crippen LogP contribution in [0.1, 0.15) is 25.3 Å². The molecule has 0 aromatic heterocycles. The van der Waals surface area contributed by atoms with E-state index in [9.17, 15) is 4.39 Å². The third-order valence-corrected chi connectivity index (χ3v) is 4.06. The van der Waals surface area contributed by atoms with Crippen LogP contribution in [0.25, 0.3) is 0 Å². The fourth-order valence-corrected chi connectivity index (χ4v) is 2.60. The number of ether oxygens (including phenoxy) is 2. The minimum Gasteiger partial charge on any atom is -0.381 e. The highest BCUT2D eigenvalue weighted by atomic mass is 19.1. The average molecular weight is 281 g/mol. The predicted molar refractivity (Wildman–Crippen MR) is 77.4 cm³/mol. The summed E-state index contributed by atoms with van der Waals surface area (Å²) in [5.74, 6) is -0.185. The van der Waals surface area contributed by atoms with E-state index < -0.39 is 0 Å². The Labute approximate surface area is 120 Å². The Morgan fingerprint density at radius 1 is 1.30 bits per heavy atom. The highest BCUT2D eigenvalue weighted by molar-refractivity contribution is 5.17. The lowest BCUT2D eigenvalue weighted by molar-refractivity contribution is -0.0884. The lowest BCUT2D eigenvalue weighted by atomic mass is 9.93. The van der Waals surface area contributed by atoms with Gasteiger partial charge in [-0.25, -0.2) is 4.39 Å². The van der Waals surface area contributed by atoms with Gasteiger partial charge in [-0.1, -0.05) is 12.1 Å². The summed E-state index contributed by atoms with van der Waals surface area (Å²) in [6, 6.07) is 7.03. The van der Waals surface area contributed by atoms with Crippen molar-refractivity contribution in [3.8, 4) is 0 Å². The second-order valence-corrected chi connectivity index (χ2v) is 5.61. The minimum atomic E-state index is -0.185. The van der Waals surface area contributed by atoms with Crippen LogP contribution in [-0.2, 0) is 15.9 Å². The molecular weight excluding hydrogens is 257 g/mol. The highest BCUT2D eigenvalue weighted by Gasteiger charge is 2.32. The second kappa shape index (κ2) is 7.16. The topological polar surface area (TPSA) is 30.5 Å². The Kier molecular flexibility index (Phi) is 5.52. The summed E-state index contributed by atoms with van der Waals surface area (Å²) >= 11 is 0. The van der Waals surface area contributed by atoms with Crippen LogP contribution in [0.5, 0.6) is 0 Å². The third kappa shape index (κ3) is 4.27. The van der Waals surface area contributed by atoms with Crippen molar-refractivity contribution >= 4 is 0 Å². The van der Waals surface area contributed by atoms with Gasteiger partial charge >= 0.3 is 0 Å². The van der Waals surface area contributed by atoms with Crippen LogP contribution in [0.15, 0.2) is 24.3 Å². The molecule has 0 unspecified atom stereocenters. The maximum atomic E-state index is 12.9. The zero-order valence-electron chi connectivity index (χ0n) is 12.3. The minimum absolute atomic E-state index is 0.102. The molecule has 0 aliphatic carbocycles. The fourth-order valence-electron chi connectivity index (χ4n) is 2.60. The van der Waals surface area contributed by atoms with Crippen LogP contribution in [0.2, 0.25) is 0 Å². The zero-order chi connectivity index (χ0) is 14.4. The van der Waals surface area contributed by atoms with Gasteiger partial charge in [-0.05, 0) is 31.0 Å². The smallest absolute Gasteiger partial charge is 0.123 e. The molecule has 0 spiro atoms. The van der Waals surface area contributed by atoms with Crippen molar-refractivity contribution in [3.05, 3.63) is 35.6 Å². The van der Waals surface area contributed by atoms with Crippen LogP contribution < -0.4 is 5.32 Å². The molecule has 112 valence electrons. The molecule has 1 aliphatic rings. The monoisotopic (exact) mass is 281 g/mol. The van der Waals surface area contributed by atoms with Crippen molar-refractivity contribution in [1.82, 2.24) is 5.32 Å². The molecule has 3 nitrogen and oxygen atoms in total. The fraction of sp³-hybridized carbons (Fsp3) is 0.625. The first kappa shape index (κ1) is 15.4. The quantitative estimate of drug-likeness (QED) is 0.869. The Bertz CT molecular complexity index is 401. The lowest BCUT2D eigenvalue weighted by Crippen LogP contribution is -2.49. The Morgan fingerprint density at radius 3 is 2.55 bits per heavy atom. The summed E-state index contributed by atoms with van der Waals surface area (Å²) in [4.78, 5) is 0. The average Bonchev–Trinajstić information content (AvgIpc) is 2.49. The van der Waals surface area contributed by atoms with Gasteiger partial charge < -0.3 is 14.8 Å². The largest absolute Gasteiger partial charge is 0.381 e. The van der Waals surface area contributed by atoms with Gasteiger partial charge in [0.25, 0.3) is 0 Å². The van der Waals surface area contributed by atoms with Crippen molar-refractivity contribution in [3.63, 3.8) is 0 Å². The van der Waals surface area contributed by atoms with Crippen LogP contribution in [0, 0.1) is 5.82 Å². The molecule has 0 bridgehead atoms. The van der Waals surface area contributed by atoms with E-state index in [4.69, 9.17) is 9.47 Å². The van der Waals surface area contributed by atoms with E-state index in [-0.39, 0.29) is 11.4 Å². The molecule has 1 aromatic carbocycles. The van der Waals surface area contributed by atoms with E-state index in [1.54, 1.807) is 7.11 Å². The zero-order valence-corrected chi connectivity index (χ0v) is 12.3. The molecule has 1 atom stereocenters. The van der Waals surface area contributed by atoms with E-state index in [0.717, 1.165) is 44.6 Å². The molecular formula is C16H24FNO2. The molecule has 4 heteroatoms. The first-order chi connectivity index (χ1) is 9.63. The summed E-state index contributed by atoms with van der Waals surface area (Å²) in [5, 5.41) is 3.53. The number of hydrogen-bond acceptors (Lipinski definition) is 3. The number of methoxy groups -OCH3 is 1. The molecule has 2 rings (SSSR count). The predicted octanol–water partition coefficient (Wildman–Crippen LogP) is 2.54. The van der Waals surface area contributed by atoms with E-state index in [1.165, 1.54) is 12.1 Å². The molecule has 1 aliphatic heterocycles. The Balaban J connectivity index is 1.81. The van der Waals surface area contributed by atoms with Crippen molar-refractivity contribution in [2.24, 2.45) is 0 Å². The van der Waals surface area contributed by atoms with Gasteiger partial charge in [-0.3, -0.25) is 0 Å². The molecule has 0 saturated carbocycles. The van der Waals surface area contributed by atoms with Crippen LogP contribution in [0.3, 0.4) is 0 Å². The van der Waals surface area contributed by atoms with Gasteiger partial charge in [0, 0.05) is 45.8 Å². The highest BCUT2D eigenvalue weighted by Crippen LogP contribution is 2.23. The number of halogens is 1. The molecule has 0 amide bonds. The first-order valence-corrected chi connectivity index (χ1v) is 7.24. The van der Waals surface area contributed by atoms with Crippen molar-refractivity contribution in [1.29, 1.82) is 0 Å². The number of nitrogens with one attached hydrogen (secondary N) is 1. The second-order valence-electron chi connectivity index (χ2n) is 5.61. The van der Waals surface area contributed by atoms with E-state index in [1.807, 2.05) is 12.1 Å². The summed E-state index contributed by atoms with van der Waals surface area (Å²) in [5.41, 5.74) is 1.04. The standard InChI is InChI=1S/C16H24FNO2/c1-13(11-14-3-5-15(17)6-4-14)18-12-16(19-2)7-9-20-10-8-16/h3-6,13,18H,7-12H2,1-2H3/t13-/m1/s1. The van der Waals surface area contributed by atoms with Gasteiger partial charge in [-0.15, -0.1) is 0 Å². The summed E-state index contributed by atoms with van der Waals surface area (Å²) in [7, 11) is 1.78. The van der Waals surface area contributed by atoms with E-state index >= 15 is 0 Å². The Hall–Kier alpha value is -0.970. The van der Waals surface area contributed by atoms with Crippen molar-refractivity contribution in [2.75, 3.05) is 26.9 Å². The number of hydrogen-bond donors (Lipinski definition) is 1. The molecule has 20 heavy (non-hydrogen) atoms. The lowest BCUT2D eigenvalue weighted by Gasteiger charge is -2.37. The summed E-state index contributed by atoms with van der Waals surface area (Å²) < 4.78 is 24.0. The van der Waals surface area contributed by atoms with Crippen LogP contribution in [0.4, 0.5) is 4.39 Å².